The van der Waals surface area contributed by atoms with Gasteiger partial charge in [0.15, 0.2) is 5.78 Å². The standard InChI is InChI=1S/C16H14BrFO2/c1-2-15(19)11-6-8-13(9-7-11)20-10-12-4-3-5-14(18)16(12)17/h3-9H,2,10H2,1H3. The molecule has 104 valence electrons. The lowest BCUT2D eigenvalue weighted by Crippen LogP contribution is -1.99. The van der Waals surface area contributed by atoms with Crippen LogP contribution in [0.4, 0.5) is 4.39 Å². The number of Topliss-reactive ketones (excluding diaryl/α,β-unsaturated/α-hetero) is 1. The van der Waals surface area contributed by atoms with Gasteiger partial charge in [-0.15, -0.1) is 0 Å². The van der Waals surface area contributed by atoms with E-state index in [1.165, 1.54) is 6.07 Å². The minimum absolute atomic E-state index is 0.101. The van der Waals surface area contributed by atoms with Crippen LogP contribution < -0.4 is 4.74 Å². The minimum atomic E-state index is -0.310. The molecule has 0 radical (unpaired) electrons. The van der Waals surface area contributed by atoms with Crippen LogP contribution in [0.25, 0.3) is 0 Å². The molecule has 0 spiro atoms. The van der Waals surface area contributed by atoms with Crippen LogP contribution in [0.1, 0.15) is 29.3 Å². The van der Waals surface area contributed by atoms with Gasteiger partial charge in [0.05, 0.1) is 4.47 Å². The minimum Gasteiger partial charge on any atom is -0.489 e. The third-order valence-corrected chi connectivity index (χ3v) is 3.81. The first-order valence-electron chi connectivity index (χ1n) is 6.30. The molecule has 0 aliphatic heterocycles. The van der Waals surface area contributed by atoms with Gasteiger partial charge >= 0.3 is 0 Å². The Balaban J connectivity index is 2.04. The second-order valence-electron chi connectivity index (χ2n) is 4.30. The highest BCUT2D eigenvalue weighted by atomic mass is 79.9. The van der Waals surface area contributed by atoms with Gasteiger partial charge in [0, 0.05) is 17.5 Å². The maximum absolute atomic E-state index is 13.3. The monoisotopic (exact) mass is 336 g/mol. The van der Waals surface area contributed by atoms with Crippen LogP contribution in [0.3, 0.4) is 0 Å². The molecule has 0 heterocycles. The molecule has 0 saturated heterocycles. The van der Waals surface area contributed by atoms with Gasteiger partial charge in [-0.05, 0) is 46.3 Å². The van der Waals surface area contributed by atoms with E-state index in [1.54, 1.807) is 36.4 Å². The van der Waals surface area contributed by atoms with Crippen molar-refractivity contribution in [3.8, 4) is 5.75 Å². The van der Waals surface area contributed by atoms with E-state index in [0.29, 0.717) is 22.2 Å². The summed E-state index contributed by atoms with van der Waals surface area (Å²) in [6.07, 6.45) is 0.483. The third-order valence-electron chi connectivity index (χ3n) is 2.92. The summed E-state index contributed by atoms with van der Waals surface area (Å²) in [7, 11) is 0. The molecule has 0 aromatic heterocycles. The summed E-state index contributed by atoms with van der Waals surface area (Å²) >= 11 is 3.19. The number of halogens is 2. The van der Waals surface area contributed by atoms with E-state index in [9.17, 15) is 9.18 Å². The summed E-state index contributed by atoms with van der Waals surface area (Å²) in [5.41, 5.74) is 1.41. The van der Waals surface area contributed by atoms with E-state index in [1.807, 2.05) is 6.92 Å². The lowest BCUT2D eigenvalue weighted by Gasteiger charge is -2.09. The lowest BCUT2D eigenvalue weighted by molar-refractivity contribution is 0.0988. The molecule has 0 amide bonds. The quantitative estimate of drug-likeness (QED) is 0.736. The van der Waals surface area contributed by atoms with Crippen molar-refractivity contribution >= 4 is 21.7 Å². The molecule has 0 saturated carbocycles. The maximum Gasteiger partial charge on any atom is 0.162 e. The zero-order valence-corrected chi connectivity index (χ0v) is 12.6. The van der Waals surface area contributed by atoms with Crippen molar-refractivity contribution in [2.24, 2.45) is 0 Å². The van der Waals surface area contributed by atoms with Crippen LogP contribution >= 0.6 is 15.9 Å². The number of carbonyl (C=O) groups is 1. The van der Waals surface area contributed by atoms with Gasteiger partial charge in [-0.25, -0.2) is 4.39 Å². The van der Waals surface area contributed by atoms with Gasteiger partial charge in [-0.3, -0.25) is 4.79 Å². The van der Waals surface area contributed by atoms with E-state index >= 15 is 0 Å². The van der Waals surface area contributed by atoms with Crippen LogP contribution in [0.15, 0.2) is 46.9 Å². The van der Waals surface area contributed by atoms with Crippen molar-refractivity contribution in [3.05, 3.63) is 63.9 Å². The number of benzene rings is 2. The molecule has 0 N–H and O–H groups in total. The second kappa shape index (κ2) is 6.66. The fourth-order valence-electron chi connectivity index (χ4n) is 1.76. The Labute approximate surface area is 125 Å². The molecule has 2 aromatic rings. The Kier molecular flexibility index (Phi) is 4.90. The largest absolute Gasteiger partial charge is 0.489 e. The molecule has 0 unspecified atom stereocenters. The highest BCUT2D eigenvalue weighted by Gasteiger charge is 2.06. The third kappa shape index (κ3) is 3.45. The summed E-state index contributed by atoms with van der Waals surface area (Å²) in [4.78, 5) is 11.5. The van der Waals surface area contributed by atoms with Gasteiger partial charge < -0.3 is 4.74 Å². The van der Waals surface area contributed by atoms with Gasteiger partial charge in [-0.1, -0.05) is 19.1 Å². The molecule has 0 aliphatic rings. The van der Waals surface area contributed by atoms with E-state index in [4.69, 9.17) is 4.74 Å². The van der Waals surface area contributed by atoms with Gasteiger partial charge in [0.2, 0.25) is 0 Å². The first kappa shape index (κ1) is 14.7. The number of hydrogen-bond donors (Lipinski definition) is 0. The van der Waals surface area contributed by atoms with Crippen molar-refractivity contribution in [2.75, 3.05) is 0 Å². The fraction of sp³-hybridized carbons (Fsp3) is 0.188. The molecular formula is C16H14BrFO2. The predicted octanol–water partition coefficient (Wildman–Crippen LogP) is 4.76. The van der Waals surface area contributed by atoms with Crippen molar-refractivity contribution in [1.29, 1.82) is 0 Å². The Hall–Kier alpha value is -1.68. The summed E-state index contributed by atoms with van der Waals surface area (Å²) in [6.45, 7) is 2.09. The van der Waals surface area contributed by atoms with Crippen LogP contribution in [-0.4, -0.2) is 5.78 Å². The molecule has 2 rings (SSSR count). The summed E-state index contributed by atoms with van der Waals surface area (Å²) in [5.74, 6) is 0.438. The number of ketones is 1. The molecule has 0 atom stereocenters. The van der Waals surface area contributed by atoms with Crippen LogP contribution in [0, 0.1) is 5.82 Å². The number of carbonyl (C=O) groups excluding carboxylic acids is 1. The molecule has 20 heavy (non-hydrogen) atoms. The molecule has 2 aromatic carbocycles. The van der Waals surface area contributed by atoms with E-state index in [0.717, 1.165) is 5.56 Å². The molecule has 2 nitrogen and oxygen atoms in total. The predicted molar refractivity (Wildman–Crippen MR) is 79.5 cm³/mol. The Morgan fingerprint density at radius 1 is 1.20 bits per heavy atom. The second-order valence-corrected chi connectivity index (χ2v) is 5.10. The van der Waals surface area contributed by atoms with Crippen LogP contribution in [-0.2, 0) is 6.61 Å². The van der Waals surface area contributed by atoms with Crippen molar-refractivity contribution < 1.29 is 13.9 Å². The molecule has 4 heteroatoms. The van der Waals surface area contributed by atoms with Crippen molar-refractivity contribution in [1.82, 2.24) is 0 Å². The number of hydrogen-bond acceptors (Lipinski definition) is 2. The number of rotatable bonds is 5. The average molecular weight is 337 g/mol. The zero-order chi connectivity index (χ0) is 14.5. The zero-order valence-electron chi connectivity index (χ0n) is 11.0. The Bertz CT molecular complexity index is 608. The van der Waals surface area contributed by atoms with Crippen molar-refractivity contribution in [2.45, 2.75) is 20.0 Å². The summed E-state index contributed by atoms with van der Waals surface area (Å²) in [5, 5.41) is 0. The lowest BCUT2D eigenvalue weighted by atomic mass is 10.1. The van der Waals surface area contributed by atoms with Crippen LogP contribution in [0.2, 0.25) is 0 Å². The first-order chi connectivity index (χ1) is 9.61. The SMILES string of the molecule is CCC(=O)c1ccc(OCc2cccc(F)c2Br)cc1. The molecule has 0 bridgehead atoms. The Morgan fingerprint density at radius 2 is 1.90 bits per heavy atom. The average Bonchev–Trinajstić information content (AvgIpc) is 2.48. The summed E-state index contributed by atoms with van der Waals surface area (Å²) < 4.78 is 19.3. The van der Waals surface area contributed by atoms with Crippen LogP contribution in [0.5, 0.6) is 5.75 Å². The number of ether oxygens (including phenoxy) is 1. The normalized spacial score (nSPS) is 10.3. The topological polar surface area (TPSA) is 26.3 Å². The highest BCUT2D eigenvalue weighted by Crippen LogP contribution is 2.22. The maximum atomic E-state index is 13.3. The van der Waals surface area contributed by atoms with Gasteiger partial charge in [0.1, 0.15) is 18.2 Å². The van der Waals surface area contributed by atoms with E-state index in [-0.39, 0.29) is 18.2 Å². The summed E-state index contributed by atoms with van der Waals surface area (Å²) in [6, 6.07) is 11.8. The van der Waals surface area contributed by atoms with Crippen molar-refractivity contribution in [3.63, 3.8) is 0 Å². The Morgan fingerprint density at radius 3 is 2.55 bits per heavy atom. The van der Waals surface area contributed by atoms with Gasteiger partial charge in [-0.2, -0.15) is 0 Å². The smallest absolute Gasteiger partial charge is 0.162 e. The molecular weight excluding hydrogens is 323 g/mol. The molecule has 0 fully saturated rings. The van der Waals surface area contributed by atoms with E-state index < -0.39 is 0 Å². The highest BCUT2D eigenvalue weighted by molar-refractivity contribution is 9.10. The van der Waals surface area contributed by atoms with Gasteiger partial charge in [0.25, 0.3) is 0 Å². The fourth-order valence-corrected chi connectivity index (χ4v) is 2.14. The molecule has 0 aliphatic carbocycles. The first-order valence-corrected chi connectivity index (χ1v) is 7.10. The van der Waals surface area contributed by atoms with E-state index in [2.05, 4.69) is 15.9 Å².